The summed E-state index contributed by atoms with van der Waals surface area (Å²) in [4.78, 5) is 21.5. The maximum absolute atomic E-state index is 13.1. The monoisotopic (exact) mass is 422 g/mol. The highest BCUT2D eigenvalue weighted by Crippen LogP contribution is 2.33. The largest absolute Gasteiger partial charge is 0.462 e. The summed E-state index contributed by atoms with van der Waals surface area (Å²) in [5, 5.41) is 0.874. The summed E-state index contributed by atoms with van der Waals surface area (Å²) >= 11 is 0. The molecule has 0 aliphatic carbocycles. The fraction of sp³-hybridized carbons (Fsp3) is 0.125. The fourth-order valence-electron chi connectivity index (χ4n) is 3.29. The van der Waals surface area contributed by atoms with Crippen LogP contribution in [0.5, 0.6) is 0 Å². The lowest BCUT2D eigenvalue weighted by Gasteiger charge is -2.12. The number of carbonyl (C=O) groups is 1. The molecule has 31 heavy (non-hydrogen) atoms. The minimum absolute atomic E-state index is 0.155. The van der Waals surface area contributed by atoms with E-state index in [1.54, 1.807) is 19.2 Å². The molecule has 4 nitrogen and oxygen atoms in total. The summed E-state index contributed by atoms with van der Waals surface area (Å²) in [6, 6.07) is 15.8. The highest BCUT2D eigenvalue weighted by molar-refractivity contribution is 5.98. The van der Waals surface area contributed by atoms with Gasteiger partial charge in [-0.15, -0.1) is 0 Å². The van der Waals surface area contributed by atoms with Crippen LogP contribution in [0.15, 0.2) is 73.1 Å². The Bertz CT molecular complexity index is 1270. The van der Waals surface area contributed by atoms with Crippen LogP contribution in [0.3, 0.4) is 0 Å². The lowest BCUT2D eigenvalue weighted by molar-refractivity contribution is -0.137. The Morgan fingerprint density at radius 1 is 0.903 bits per heavy atom. The minimum atomic E-state index is -4.47. The van der Waals surface area contributed by atoms with Gasteiger partial charge >= 0.3 is 12.1 Å². The molecule has 0 radical (unpaired) electrons. The number of esters is 1. The molecule has 0 aliphatic heterocycles. The number of carbonyl (C=O) groups excluding carboxylic acids is 1. The van der Waals surface area contributed by atoms with Crippen molar-refractivity contribution in [1.29, 1.82) is 0 Å². The van der Waals surface area contributed by atoms with E-state index in [0.717, 1.165) is 23.0 Å². The predicted octanol–water partition coefficient (Wildman–Crippen LogP) is 6.16. The van der Waals surface area contributed by atoms with Crippen LogP contribution in [-0.2, 0) is 10.9 Å². The lowest BCUT2D eigenvalue weighted by Crippen LogP contribution is -2.08. The molecule has 0 aliphatic rings. The van der Waals surface area contributed by atoms with Gasteiger partial charge in [-0.1, -0.05) is 30.3 Å². The molecule has 0 unspecified atom stereocenters. The molecular weight excluding hydrogens is 405 g/mol. The minimum Gasteiger partial charge on any atom is -0.462 e. The SMILES string of the molecule is CCOC(=O)c1cc(-c2cccc(C(F)(F)F)c2)cnc1-c1cnc2ccccc2c1. The molecule has 0 bridgehead atoms. The number of benzene rings is 2. The lowest BCUT2D eigenvalue weighted by atomic mass is 9.99. The van der Waals surface area contributed by atoms with Crippen molar-refractivity contribution in [3.8, 4) is 22.4 Å². The number of fused-ring (bicyclic) bond motifs is 1. The molecule has 2 aromatic carbocycles. The molecule has 2 aromatic heterocycles. The Morgan fingerprint density at radius 2 is 1.68 bits per heavy atom. The van der Waals surface area contributed by atoms with Crippen LogP contribution >= 0.6 is 0 Å². The first-order chi connectivity index (χ1) is 14.9. The quantitative estimate of drug-likeness (QED) is 0.370. The van der Waals surface area contributed by atoms with Gasteiger partial charge in [0.2, 0.25) is 0 Å². The Morgan fingerprint density at radius 3 is 2.45 bits per heavy atom. The van der Waals surface area contributed by atoms with Crippen LogP contribution in [0.4, 0.5) is 13.2 Å². The maximum atomic E-state index is 13.1. The van der Waals surface area contributed by atoms with Gasteiger partial charge in [0, 0.05) is 28.9 Å². The van der Waals surface area contributed by atoms with Gasteiger partial charge in [0.15, 0.2) is 0 Å². The summed E-state index contributed by atoms with van der Waals surface area (Å²) in [6.45, 7) is 1.83. The Labute approximate surface area is 176 Å². The number of para-hydroxylation sites is 1. The van der Waals surface area contributed by atoms with Crippen molar-refractivity contribution < 1.29 is 22.7 Å². The smallest absolute Gasteiger partial charge is 0.416 e. The van der Waals surface area contributed by atoms with E-state index in [-0.39, 0.29) is 12.2 Å². The fourth-order valence-corrected chi connectivity index (χ4v) is 3.29. The van der Waals surface area contributed by atoms with Crippen LogP contribution < -0.4 is 0 Å². The number of hydrogen-bond donors (Lipinski definition) is 0. The molecule has 0 saturated carbocycles. The summed E-state index contributed by atoms with van der Waals surface area (Å²) in [7, 11) is 0. The van der Waals surface area contributed by atoms with Gasteiger partial charge in [-0.2, -0.15) is 13.2 Å². The number of ether oxygens (including phenoxy) is 1. The van der Waals surface area contributed by atoms with E-state index < -0.39 is 17.7 Å². The first-order valence-electron chi connectivity index (χ1n) is 9.57. The third-order valence-corrected chi connectivity index (χ3v) is 4.77. The molecule has 0 spiro atoms. The second kappa shape index (κ2) is 8.18. The van der Waals surface area contributed by atoms with Crippen LogP contribution in [0.1, 0.15) is 22.8 Å². The van der Waals surface area contributed by atoms with E-state index in [4.69, 9.17) is 4.74 Å². The van der Waals surface area contributed by atoms with Crippen molar-refractivity contribution in [2.45, 2.75) is 13.1 Å². The number of hydrogen-bond acceptors (Lipinski definition) is 4. The van der Waals surface area contributed by atoms with Crippen LogP contribution in [0.2, 0.25) is 0 Å². The van der Waals surface area contributed by atoms with E-state index in [1.165, 1.54) is 18.3 Å². The van der Waals surface area contributed by atoms with E-state index in [0.29, 0.717) is 22.4 Å². The third-order valence-electron chi connectivity index (χ3n) is 4.77. The summed E-state index contributed by atoms with van der Waals surface area (Å²) in [6.07, 6.45) is -1.41. The number of aromatic nitrogens is 2. The van der Waals surface area contributed by atoms with Gasteiger partial charge in [-0.25, -0.2) is 4.79 Å². The van der Waals surface area contributed by atoms with Gasteiger partial charge in [0.25, 0.3) is 0 Å². The molecule has 7 heteroatoms. The van der Waals surface area contributed by atoms with E-state index in [9.17, 15) is 18.0 Å². The van der Waals surface area contributed by atoms with Crippen molar-refractivity contribution in [1.82, 2.24) is 9.97 Å². The third kappa shape index (κ3) is 4.26. The molecule has 0 saturated heterocycles. The average Bonchev–Trinajstić information content (AvgIpc) is 2.78. The Hall–Kier alpha value is -3.74. The van der Waals surface area contributed by atoms with Crippen LogP contribution in [-0.4, -0.2) is 22.5 Å². The van der Waals surface area contributed by atoms with Crippen molar-refractivity contribution in [2.75, 3.05) is 6.61 Å². The Balaban J connectivity index is 1.84. The second-order valence-corrected chi connectivity index (χ2v) is 6.84. The summed E-state index contributed by atoms with van der Waals surface area (Å²) in [5.74, 6) is -0.605. The number of alkyl halides is 3. The molecule has 2 heterocycles. The van der Waals surface area contributed by atoms with Gasteiger partial charge in [-0.3, -0.25) is 9.97 Å². The number of pyridine rings is 2. The molecule has 0 atom stereocenters. The number of nitrogens with zero attached hydrogens (tertiary/aromatic N) is 2. The Kier molecular flexibility index (Phi) is 5.42. The molecular formula is C24H17F3N2O2. The van der Waals surface area contributed by atoms with E-state index >= 15 is 0 Å². The predicted molar refractivity (Wildman–Crippen MR) is 111 cm³/mol. The van der Waals surface area contributed by atoms with Gasteiger partial charge in [0.1, 0.15) is 0 Å². The number of halogens is 3. The zero-order valence-electron chi connectivity index (χ0n) is 16.5. The molecule has 4 aromatic rings. The molecule has 0 amide bonds. The topological polar surface area (TPSA) is 52.1 Å². The van der Waals surface area contributed by atoms with Gasteiger partial charge < -0.3 is 4.74 Å². The first kappa shape index (κ1) is 20.5. The molecule has 0 fully saturated rings. The highest BCUT2D eigenvalue weighted by Gasteiger charge is 2.30. The number of rotatable bonds is 4. The standard InChI is InChI=1S/C24H17F3N2O2/c1-2-31-23(30)20-12-17(15-7-5-8-19(11-15)24(25,26)27)13-29-22(20)18-10-16-6-3-4-9-21(16)28-14-18/h3-14H,2H2,1H3. The maximum Gasteiger partial charge on any atom is 0.416 e. The summed E-state index contributed by atoms with van der Waals surface area (Å²) in [5.41, 5.74) is 1.83. The van der Waals surface area contributed by atoms with Gasteiger partial charge in [0.05, 0.1) is 28.9 Å². The second-order valence-electron chi connectivity index (χ2n) is 6.84. The van der Waals surface area contributed by atoms with E-state index in [2.05, 4.69) is 9.97 Å². The molecule has 4 rings (SSSR count). The molecule has 0 N–H and O–H groups in total. The zero-order valence-corrected chi connectivity index (χ0v) is 16.5. The van der Waals surface area contributed by atoms with E-state index in [1.807, 2.05) is 30.3 Å². The van der Waals surface area contributed by atoms with Crippen LogP contribution in [0.25, 0.3) is 33.3 Å². The summed E-state index contributed by atoms with van der Waals surface area (Å²) < 4.78 is 44.5. The van der Waals surface area contributed by atoms with Crippen molar-refractivity contribution >= 4 is 16.9 Å². The molecule has 156 valence electrons. The first-order valence-corrected chi connectivity index (χ1v) is 9.57. The van der Waals surface area contributed by atoms with Crippen molar-refractivity contribution in [3.63, 3.8) is 0 Å². The van der Waals surface area contributed by atoms with Crippen molar-refractivity contribution in [2.24, 2.45) is 0 Å². The van der Waals surface area contributed by atoms with Gasteiger partial charge in [-0.05, 0) is 42.8 Å². The van der Waals surface area contributed by atoms with Crippen molar-refractivity contribution in [3.05, 3.63) is 84.2 Å². The average molecular weight is 422 g/mol. The highest BCUT2D eigenvalue weighted by atomic mass is 19.4. The normalized spacial score (nSPS) is 11.5. The van der Waals surface area contributed by atoms with Crippen LogP contribution in [0, 0.1) is 0 Å². The zero-order chi connectivity index (χ0) is 22.0.